The molecule has 0 radical (unpaired) electrons. The molecule has 3 aromatic rings. The molecule has 2 N–H and O–H groups in total. The number of urea groups is 1. The number of ether oxygens (including phenoxy) is 1. The number of anilines is 3. The second-order valence-corrected chi connectivity index (χ2v) is 9.82. The summed E-state index contributed by atoms with van der Waals surface area (Å²) in [5, 5.41) is 5.28. The first-order chi connectivity index (χ1) is 19.8. The molecule has 1 aliphatic heterocycles. The second-order valence-electron chi connectivity index (χ2n) is 9.82. The summed E-state index contributed by atoms with van der Waals surface area (Å²) in [6, 6.07) is 22.5. The van der Waals surface area contributed by atoms with Crippen molar-refractivity contribution in [3.63, 3.8) is 0 Å². The summed E-state index contributed by atoms with van der Waals surface area (Å²) in [5.74, 6) is -0.528. The van der Waals surface area contributed by atoms with Gasteiger partial charge in [-0.3, -0.25) is 14.4 Å². The van der Waals surface area contributed by atoms with E-state index >= 15 is 0 Å². The maximum absolute atomic E-state index is 13.4. The molecule has 1 saturated heterocycles. The average molecular weight is 558 g/mol. The highest BCUT2D eigenvalue weighted by atomic mass is 16.5. The zero-order chi connectivity index (χ0) is 29.2. The smallest absolute Gasteiger partial charge is 0.319 e. The van der Waals surface area contributed by atoms with Gasteiger partial charge in [0.15, 0.2) is 6.61 Å². The lowest BCUT2D eigenvalue weighted by Crippen LogP contribution is -2.46. The summed E-state index contributed by atoms with van der Waals surface area (Å²) in [7, 11) is 1.64. The average Bonchev–Trinajstić information content (AvgIpc) is 3.53. The van der Waals surface area contributed by atoms with Crippen LogP contribution in [0.25, 0.3) is 0 Å². The van der Waals surface area contributed by atoms with E-state index in [9.17, 15) is 19.2 Å². The Hall–Kier alpha value is -4.86. The normalized spacial score (nSPS) is 12.4. The minimum absolute atomic E-state index is 0.0932. The molecule has 0 saturated carbocycles. The molecule has 0 atom stereocenters. The van der Waals surface area contributed by atoms with E-state index in [1.165, 1.54) is 9.80 Å². The van der Waals surface area contributed by atoms with Crippen LogP contribution in [-0.4, -0.2) is 68.5 Å². The summed E-state index contributed by atoms with van der Waals surface area (Å²) in [4.78, 5) is 56.1. The van der Waals surface area contributed by atoms with E-state index in [1.807, 2.05) is 43.3 Å². The Labute approximate surface area is 239 Å². The summed E-state index contributed by atoms with van der Waals surface area (Å²) >= 11 is 0. The minimum Gasteiger partial charge on any atom is -0.484 e. The monoisotopic (exact) mass is 557 g/mol. The van der Waals surface area contributed by atoms with E-state index in [2.05, 4.69) is 10.6 Å². The summed E-state index contributed by atoms with van der Waals surface area (Å²) < 4.78 is 5.74. The lowest BCUT2D eigenvalue weighted by molar-refractivity contribution is -0.132. The van der Waals surface area contributed by atoms with Gasteiger partial charge in [0.05, 0.1) is 6.54 Å². The minimum atomic E-state index is -0.547. The molecule has 1 fully saturated rings. The molecule has 10 heteroatoms. The predicted molar refractivity (Wildman–Crippen MR) is 158 cm³/mol. The van der Waals surface area contributed by atoms with Crippen molar-refractivity contribution >= 4 is 40.8 Å². The Balaban J connectivity index is 1.46. The number of nitrogens with one attached hydrogen (secondary N) is 2. The van der Waals surface area contributed by atoms with Gasteiger partial charge in [-0.2, -0.15) is 0 Å². The second kappa shape index (κ2) is 14.0. The number of likely N-dealkylation sites (N-methyl/N-ethyl adjacent to an activating group) is 1. The number of aryl methyl sites for hydroxylation is 1. The van der Waals surface area contributed by atoms with Crippen LogP contribution in [0.15, 0.2) is 78.9 Å². The number of rotatable bonds is 10. The van der Waals surface area contributed by atoms with Gasteiger partial charge < -0.3 is 30.1 Å². The van der Waals surface area contributed by atoms with Crippen molar-refractivity contribution in [3.05, 3.63) is 84.4 Å². The van der Waals surface area contributed by atoms with E-state index in [1.54, 1.807) is 54.4 Å². The molecule has 1 aliphatic rings. The van der Waals surface area contributed by atoms with Crippen LogP contribution in [0.3, 0.4) is 0 Å². The standard InChI is InChI=1S/C31H35N5O5/c1-23-10-8-11-24(18-23)33-31(40)32-20-28(37)36(21-29(38)34(2)25-12-4-3-5-13-25)26-14-9-15-27(19-26)41-22-30(39)35-16-6-7-17-35/h3-5,8-15,18-19H,6-7,16-17,20-22H2,1-2H3,(H2,32,33,40). The highest BCUT2D eigenvalue weighted by Gasteiger charge is 2.23. The van der Waals surface area contributed by atoms with Gasteiger partial charge in [-0.05, 0) is 61.7 Å². The van der Waals surface area contributed by atoms with Crippen LogP contribution in [0.5, 0.6) is 5.75 Å². The topological polar surface area (TPSA) is 111 Å². The van der Waals surface area contributed by atoms with Crippen molar-refractivity contribution in [1.29, 1.82) is 0 Å². The SMILES string of the molecule is Cc1cccc(NC(=O)NCC(=O)N(CC(=O)N(C)c2ccccc2)c2cccc(OCC(=O)N3CCCC3)c2)c1. The van der Waals surface area contributed by atoms with Gasteiger partial charge in [0.1, 0.15) is 12.3 Å². The third kappa shape index (κ3) is 8.31. The van der Waals surface area contributed by atoms with E-state index in [-0.39, 0.29) is 31.5 Å². The fourth-order valence-corrected chi connectivity index (χ4v) is 4.45. The van der Waals surface area contributed by atoms with Crippen molar-refractivity contribution < 1.29 is 23.9 Å². The zero-order valence-electron chi connectivity index (χ0n) is 23.3. The Morgan fingerprint density at radius 2 is 1.56 bits per heavy atom. The van der Waals surface area contributed by atoms with Gasteiger partial charge in [-0.15, -0.1) is 0 Å². The van der Waals surface area contributed by atoms with Gasteiger partial charge >= 0.3 is 6.03 Å². The number of hydrogen-bond acceptors (Lipinski definition) is 5. The number of amides is 5. The van der Waals surface area contributed by atoms with Gasteiger partial charge in [-0.25, -0.2) is 4.79 Å². The molecule has 0 unspecified atom stereocenters. The third-order valence-electron chi connectivity index (χ3n) is 6.74. The van der Waals surface area contributed by atoms with Crippen LogP contribution in [0, 0.1) is 6.92 Å². The highest BCUT2D eigenvalue weighted by molar-refractivity contribution is 6.05. The largest absolute Gasteiger partial charge is 0.484 e. The van der Waals surface area contributed by atoms with Crippen LogP contribution < -0.4 is 25.2 Å². The molecule has 0 aliphatic carbocycles. The van der Waals surface area contributed by atoms with Gasteiger partial charge in [-0.1, -0.05) is 36.4 Å². The van der Waals surface area contributed by atoms with Crippen molar-refractivity contribution in [2.45, 2.75) is 19.8 Å². The molecule has 3 aromatic carbocycles. The first-order valence-corrected chi connectivity index (χ1v) is 13.5. The molecule has 4 rings (SSSR count). The molecule has 0 spiro atoms. The van der Waals surface area contributed by atoms with E-state index < -0.39 is 11.9 Å². The van der Waals surface area contributed by atoms with Crippen LogP contribution in [-0.2, 0) is 14.4 Å². The molecule has 0 bridgehead atoms. The molecule has 5 amide bonds. The number of carbonyl (C=O) groups is 4. The van der Waals surface area contributed by atoms with E-state index in [4.69, 9.17) is 4.74 Å². The zero-order valence-corrected chi connectivity index (χ0v) is 23.3. The Morgan fingerprint density at radius 3 is 2.29 bits per heavy atom. The fraction of sp³-hybridized carbons (Fsp3) is 0.290. The van der Waals surface area contributed by atoms with Crippen LogP contribution >= 0.6 is 0 Å². The van der Waals surface area contributed by atoms with Crippen molar-refractivity contribution in [1.82, 2.24) is 10.2 Å². The molecule has 41 heavy (non-hydrogen) atoms. The number of carbonyl (C=O) groups excluding carboxylic acids is 4. The predicted octanol–water partition coefficient (Wildman–Crippen LogP) is 3.81. The molecule has 10 nitrogen and oxygen atoms in total. The Bertz CT molecular complexity index is 1370. The van der Waals surface area contributed by atoms with Crippen molar-refractivity contribution in [3.8, 4) is 5.75 Å². The van der Waals surface area contributed by atoms with Gasteiger partial charge in [0.25, 0.3) is 5.91 Å². The maximum Gasteiger partial charge on any atom is 0.319 e. The lowest BCUT2D eigenvalue weighted by atomic mass is 10.2. The van der Waals surface area contributed by atoms with Crippen molar-refractivity contribution in [2.24, 2.45) is 0 Å². The Kier molecular flexibility index (Phi) is 9.93. The Morgan fingerprint density at radius 1 is 0.854 bits per heavy atom. The number of likely N-dealkylation sites (tertiary alicyclic amines) is 1. The first kappa shape index (κ1) is 29.1. The number of para-hydroxylation sites is 1. The van der Waals surface area contributed by atoms with Crippen molar-refractivity contribution in [2.75, 3.05) is 55.0 Å². The molecule has 214 valence electrons. The van der Waals surface area contributed by atoms with Gasteiger partial charge in [0.2, 0.25) is 11.8 Å². The van der Waals surface area contributed by atoms with E-state index in [0.29, 0.717) is 22.8 Å². The fourth-order valence-electron chi connectivity index (χ4n) is 4.45. The lowest BCUT2D eigenvalue weighted by Gasteiger charge is -2.26. The van der Waals surface area contributed by atoms with Crippen LogP contribution in [0.4, 0.5) is 21.9 Å². The first-order valence-electron chi connectivity index (χ1n) is 13.5. The molecule has 0 aromatic heterocycles. The number of nitrogens with zero attached hydrogens (tertiary/aromatic N) is 3. The number of benzene rings is 3. The summed E-state index contributed by atoms with van der Waals surface area (Å²) in [6.07, 6.45) is 1.97. The number of hydrogen-bond donors (Lipinski definition) is 2. The van der Waals surface area contributed by atoms with Crippen LogP contribution in [0.2, 0.25) is 0 Å². The quantitative estimate of drug-likeness (QED) is 0.394. The summed E-state index contributed by atoms with van der Waals surface area (Å²) in [6.45, 7) is 2.62. The third-order valence-corrected chi connectivity index (χ3v) is 6.74. The molecular formula is C31H35N5O5. The van der Waals surface area contributed by atoms with E-state index in [0.717, 1.165) is 31.5 Å². The van der Waals surface area contributed by atoms with Gasteiger partial charge in [0, 0.05) is 43.3 Å². The van der Waals surface area contributed by atoms with Crippen LogP contribution in [0.1, 0.15) is 18.4 Å². The molecular weight excluding hydrogens is 522 g/mol. The molecule has 1 heterocycles. The maximum atomic E-state index is 13.4. The summed E-state index contributed by atoms with van der Waals surface area (Å²) in [5.41, 5.74) is 2.66. The highest BCUT2D eigenvalue weighted by Crippen LogP contribution is 2.23.